The van der Waals surface area contributed by atoms with Crippen LogP contribution in [0.1, 0.15) is 39.0 Å². The number of Topliss-reactive ketones (excluding diaryl/α,β-unsaturated/α-hetero) is 1. The topological polar surface area (TPSA) is 52.6 Å². The second-order valence-electron chi connectivity index (χ2n) is 3.71. The molecule has 0 bridgehead atoms. The van der Waals surface area contributed by atoms with Gasteiger partial charge in [0.1, 0.15) is 12.2 Å². The van der Waals surface area contributed by atoms with Gasteiger partial charge in [0.05, 0.1) is 12.7 Å². The van der Waals surface area contributed by atoms with Crippen LogP contribution < -0.4 is 0 Å². The Balaban J connectivity index is 2.19. The average Bonchev–Trinajstić information content (AvgIpc) is 2.19. The van der Waals surface area contributed by atoms with Crippen molar-refractivity contribution < 1.29 is 19.1 Å². The minimum Gasteiger partial charge on any atom is -0.466 e. The quantitative estimate of drug-likeness (QED) is 0.513. The summed E-state index contributed by atoms with van der Waals surface area (Å²) in [6.45, 7) is 2.79. The summed E-state index contributed by atoms with van der Waals surface area (Å²) in [6, 6.07) is 0. The molecule has 1 saturated heterocycles. The van der Waals surface area contributed by atoms with Gasteiger partial charge in [-0.15, -0.1) is 0 Å². The van der Waals surface area contributed by atoms with E-state index in [0.717, 1.165) is 25.9 Å². The third-order valence-corrected chi connectivity index (χ3v) is 2.38. The fourth-order valence-corrected chi connectivity index (χ4v) is 1.67. The molecule has 4 nitrogen and oxygen atoms in total. The van der Waals surface area contributed by atoms with E-state index in [1.807, 2.05) is 0 Å². The maximum Gasteiger partial charge on any atom is 0.313 e. The first-order valence-electron chi connectivity index (χ1n) is 5.51. The van der Waals surface area contributed by atoms with Crippen molar-refractivity contribution in [2.24, 2.45) is 0 Å². The van der Waals surface area contributed by atoms with Crippen LogP contribution in [0.3, 0.4) is 0 Å². The number of ether oxygens (including phenoxy) is 2. The number of hydrogen-bond donors (Lipinski definition) is 0. The lowest BCUT2D eigenvalue weighted by atomic mass is 10.0. The molecule has 15 heavy (non-hydrogen) atoms. The Bertz CT molecular complexity index is 219. The van der Waals surface area contributed by atoms with Gasteiger partial charge in [-0.25, -0.2) is 0 Å². The van der Waals surface area contributed by atoms with Gasteiger partial charge in [0.2, 0.25) is 0 Å². The molecule has 0 aliphatic carbocycles. The normalized spacial score (nSPS) is 21.0. The fourth-order valence-electron chi connectivity index (χ4n) is 1.67. The van der Waals surface area contributed by atoms with Crippen LogP contribution in [0.2, 0.25) is 0 Å². The summed E-state index contributed by atoms with van der Waals surface area (Å²) in [7, 11) is 0. The number of esters is 1. The van der Waals surface area contributed by atoms with Crippen LogP contribution >= 0.6 is 0 Å². The molecule has 1 rings (SSSR count). The molecule has 1 unspecified atom stereocenters. The molecule has 0 radical (unpaired) electrons. The number of rotatable bonds is 5. The van der Waals surface area contributed by atoms with Crippen LogP contribution in [0.4, 0.5) is 0 Å². The number of hydrogen-bond acceptors (Lipinski definition) is 4. The van der Waals surface area contributed by atoms with Gasteiger partial charge in [-0.3, -0.25) is 9.59 Å². The van der Waals surface area contributed by atoms with E-state index in [9.17, 15) is 9.59 Å². The van der Waals surface area contributed by atoms with Crippen molar-refractivity contribution >= 4 is 11.8 Å². The van der Waals surface area contributed by atoms with Crippen molar-refractivity contribution in [1.29, 1.82) is 0 Å². The molecular formula is C11H18O4. The molecule has 0 aromatic heterocycles. The second-order valence-corrected chi connectivity index (χ2v) is 3.71. The third-order valence-electron chi connectivity index (χ3n) is 2.38. The summed E-state index contributed by atoms with van der Waals surface area (Å²) in [4.78, 5) is 22.4. The zero-order chi connectivity index (χ0) is 11.1. The van der Waals surface area contributed by atoms with E-state index in [0.29, 0.717) is 13.0 Å². The Morgan fingerprint density at radius 2 is 2.20 bits per heavy atom. The highest BCUT2D eigenvalue weighted by Gasteiger charge is 2.19. The van der Waals surface area contributed by atoms with Crippen LogP contribution in [-0.4, -0.2) is 31.1 Å². The summed E-state index contributed by atoms with van der Waals surface area (Å²) in [5, 5.41) is 0. The standard InChI is InChI=1S/C11H18O4/c1-2-14-11(13)8-9(12)7-10-5-3-4-6-15-10/h10H,2-8H2,1H3. The highest BCUT2D eigenvalue weighted by Crippen LogP contribution is 2.16. The fraction of sp³-hybridized carbons (Fsp3) is 0.818. The lowest BCUT2D eigenvalue weighted by molar-refractivity contribution is -0.146. The predicted molar refractivity (Wildman–Crippen MR) is 54.5 cm³/mol. The summed E-state index contributed by atoms with van der Waals surface area (Å²) >= 11 is 0. The van der Waals surface area contributed by atoms with E-state index in [-0.39, 0.29) is 18.3 Å². The van der Waals surface area contributed by atoms with Gasteiger partial charge in [-0.2, -0.15) is 0 Å². The smallest absolute Gasteiger partial charge is 0.313 e. The van der Waals surface area contributed by atoms with E-state index in [2.05, 4.69) is 0 Å². The minimum absolute atomic E-state index is 0.0145. The summed E-state index contributed by atoms with van der Waals surface area (Å²) in [5.41, 5.74) is 0. The Labute approximate surface area is 89.9 Å². The van der Waals surface area contributed by atoms with Crippen molar-refractivity contribution in [3.05, 3.63) is 0 Å². The first-order valence-corrected chi connectivity index (χ1v) is 5.51. The molecule has 0 amide bonds. The third kappa shape index (κ3) is 4.93. The molecule has 0 saturated carbocycles. The summed E-state index contributed by atoms with van der Waals surface area (Å²) < 4.78 is 10.1. The van der Waals surface area contributed by atoms with Crippen molar-refractivity contribution in [2.75, 3.05) is 13.2 Å². The van der Waals surface area contributed by atoms with Crippen LogP contribution in [0, 0.1) is 0 Å². The van der Waals surface area contributed by atoms with E-state index in [1.54, 1.807) is 6.92 Å². The Hall–Kier alpha value is -0.900. The highest BCUT2D eigenvalue weighted by molar-refractivity contribution is 5.95. The Morgan fingerprint density at radius 1 is 1.40 bits per heavy atom. The monoisotopic (exact) mass is 214 g/mol. The molecule has 1 aliphatic rings. The van der Waals surface area contributed by atoms with E-state index in [1.165, 1.54) is 0 Å². The second kappa shape index (κ2) is 6.56. The van der Waals surface area contributed by atoms with Gasteiger partial charge in [-0.05, 0) is 26.2 Å². The first kappa shape index (κ1) is 12.2. The van der Waals surface area contributed by atoms with Gasteiger partial charge < -0.3 is 9.47 Å². The van der Waals surface area contributed by atoms with Gasteiger partial charge >= 0.3 is 5.97 Å². The van der Waals surface area contributed by atoms with Gasteiger partial charge in [0, 0.05) is 13.0 Å². The molecule has 0 spiro atoms. The average molecular weight is 214 g/mol. The van der Waals surface area contributed by atoms with Gasteiger partial charge in [0.15, 0.2) is 0 Å². The van der Waals surface area contributed by atoms with Crippen LogP contribution in [0.25, 0.3) is 0 Å². The van der Waals surface area contributed by atoms with Gasteiger partial charge in [0.25, 0.3) is 0 Å². The van der Waals surface area contributed by atoms with Crippen molar-refractivity contribution in [3.63, 3.8) is 0 Å². The SMILES string of the molecule is CCOC(=O)CC(=O)CC1CCCCO1. The van der Waals surface area contributed by atoms with Crippen molar-refractivity contribution in [1.82, 2.24) is 0 Å². The predicted octanol–water partition coefficient (Wildman–Crippen LogP) is 1.47. The molecule has 0 aromatic rings. The van der Waals surface area contributed by atoms with Crippen LogP contribution in [0.5, 0.6) is 0 Å². The highest BCUT2D eigenvalue weighted by atomic mass is 16.5. The largest absolute Gasteiger partial charge is 0.466 e. The molecule has 86 valence electrons. The lowest BCUT2D eigenvalue weighted by Crippen LogP contribution is -2.23. The molecule has 0 N–H and O–H groups in total. The van der Waals surface area contributed by atoms with E-state index < -0.39 is 5.97 Å². The van der Waals surface area contributed by atoms with E-state index >= 15 is 0 Å². The zero-order valence-electron chi connectivity index (χ0n) is 9.16. The summed E-state index contributed by atoms with van der Waals surface area (Å²) in [5.74, 6) is -0.515. The number of carbonyl (C=O) groups excluding carboxylic acids is 2. The van der Waals surface area contributed by atoms with Gasteiger partial charge in [-0.1, -0.05) is 0 Å². The van der Waals surface area contributed by atoms with Crippen molar-refractivity contribution in [3.8, 4) is 0 Å². The minimum atomic E-state index is -0.432. The maximum absolute atomic E-state index is 11.4. The molecule has 0 aromatic carbocycles. The Kier molecular flexibility index (Phi) is 5.32. The summed E-state index contributed by atoms with van der Waals surface area (Å²) in [6.07, 6.45) is 3.35. The molecule has 1 fully saturated rings. The zero-order valence-corrected chi connectivity index (χ0v) is 9.16. The van der Waals surface area contributed by atoms with Crippen LogP contribution in [0.15, 0.2) is 0 Å². The molecule has 4 heteroatoms. The molecule has 1 atom stereocenters. The van der Waals surface area contributed by atoms with Crippen LogP contribution in [-0.2, 0) is 19.1 Å². The first-order chi connectivity index (χ1) is 7.22. The number of ketones is 1. The molecule has 1 aliphatic heterocycles. The molecular weight excluding hydrogens is 196 g/mol. The lowest BCUT2D eigenvalue weighted by Gasteiger charge is -2.21. The maximum atomic E-state index is 11.4. The molecule has 1 heterocycles. The van der Waals surface area contributed by atoms with E-state index in [4.69, 9.17) is 9.47 Å². The van der Waals surface area contributed by atoms with Crippen molar-refractivity contribution in [2.45, 2.75) is 45.1 Å². The number of carbonyl (C=O) groups is 2. The Morgan fingerprint density at radius 3 is 2.80 bits per heavy atom.